The summed E-state index contributed by atoms with van der Waals surface area (Å²) in [6, 6.07) is 0.240. The molecule has 0 amide bonds. The maximum absolute atomic E-state index is 11.9. The number of hydrogen-bond donors (Lipinski definition) is 1. The molecule has 5 nitrogen and oxygen atoms in total. The van der Waals surface area contributed by atoms with Gasteiger partial charge in [0.1, 0.15) is 0 Å². The molecular formula is C8H19N3O2S. The first-order chi connectivity index (χ1) is 6.48. The number of rotatable bonds is 3. The third-order valence-corrected chi connectivity index (χ3v) is 4.53. The lowest BCUT2D eigenvalue weighted by Crippen LogP contribution is -2.54. The van der Waals surface area contributed by atoms with Crippen molar-refractivity contribution in [2.45, 2.75) is 19.9 Å². The van der Waals surface area contributed by atoms with Gasteiger partial charge in [0.25, 0.3) is 10.2 Å². The number of hydrogen-bond acceptors (Lipinski definition) is 3. The van der Waals surface area contributed by atoms with E-state index in [1.165, 1.54) is 8.61 Å². The van der Waals surface area contributed by atoms with Crippen LogP contribution in [0.2, 0.25) is 0 Å². The smallest absolute Gasteiger partial charge is 0.281 e. The SMILES string of the molecule is CCN(C)S(=O)(=O)N1CCN[C@@H](C)C1. The standard InChI is InChI=1S/C8H19N3O2S/c1-4-10(3)14(12,13)11-6-5-9-8(2)7-11/h8-9H,4-7H2,1-3H3/t8-/m0/s1. The van der Waals surface area contributed by atoms with Crippen molar-refractivity contribution in [2.24, 2.45) is 0 Å². The zero-order valence-corrected chi connectivity index (χ0v) is 9.84. The van der Waals surface area contributed by atoms with Crippen LogP contribution in [0, 0.1) is 0 Å². The normalized spacial score (nSPS) is 25.6. The van der Waals surface area contributed by atoms with Crippen molar-refractivity contribution < 1.29 is 8.42 Å². The number of piperazine rings is 1. The molecule has 0 unspecified atom stereocenters. The molecule has 1 heterocycles. The molecule has 0 spiro atoms. The Morgan fingerprint density at radius 1 is 1.57 bits per heavy atom. The van der Waals surface area contributed by atoms with Gasteiger partial charge in [-0.25, -0.2) is 0 Å². The van der Waals surface area contributed by atoms with E-state index >= 15 is 0 Å². The monoisotopic (exact) mass is 221 g/mol. The summed E-state index contributed by atoms with van der Waals surface area (Å²) in [5.41, 5.74) is 0. The first kappa shape index (κ1) is 11.9. The second-order valence-electron chi connectivity index (χ2n) is 3.64. The summed E-state index contributed by atoms with van der Waals surface area (Å²) in [6.07, 6.45) is 0. The van der Waals surface area contributed by atoms with Crippen LogP contribution in [-0.4, -0.2) is 56.3 Å². The molecule has 1 aliphatic heterocycles. The zero-order chi connectivity index (χ0) is 10.8. The molecule has 1 saturated heterocycles. The molecule has 84 valence electrons. The van der Waals surface area contributed by atoms with Gasteiger partial charge in [-0.1, -0.05) is 6.92 Å². The lowest BCUT2D eigenvalue weighted by molar-refractivity contribution is 0.290. The van der Waals surface area contributed by atoms with Gasteiger partial charge in [-0.15, -0.1) is 0 Å². The van der Waals surface area contributed by atoms with E-state index in [1.54, 1.807) is 7.05 Å². The molecule has 0 aromatic heterocycles. The predicted molar refractivity (Wildman–Crippen MR) is 56.3 cm³/mol. The minimum Gasteiger partial charge on any atom is -0.312 e. The molecule has 0 aliphatic carbocycles. The van der Waals surface area contributed by atoms with E-state index in [-0.39, 0.29) is 6.04 Å². The van der Waals surface area contributed by atoms with Crippen LogP contribution in [0.25, 0.3) is 0 Å². The average molecular weight is 221 g/mol. The molecular weight excluding hydrogens is 202 g/mol. The summed E-state index contributed by atoms with van der Waals surface area (Å²) >= 11 is 0. The van der Waals surface area contributed by atoms with Gasteiger partial charge < -0.3 is 5.32 Å². The molecule has 1 atom stereocenters. The van der Waals surface area contributed by atoms with Crippen LogP contribution >= 0.6 is 0 Å². The van der Waals surface area contributed by atoms with E-state index in [4.69, 9.17) is 0 Å². The summed E-state index contributed by atoms with van der Waals surface area (Å²) in [7, 11) is -1.61. The summed E-state index contributed by atoms with van der Waals surface area (Å²) in [6.45, 7) is 6.21. The van der Waals surface area contributed by atoms with Crippen LogP contribution in [0.3, 0.4) is 0 Å². The Hall–Kier alpha value is -0.170. The highest BCUT2D eigenvalue weighted by Gasteiger charge is 2.29. The molecule has 1 fully saturated rings. The fourth-order valence-electron chi connectivity index (χ4n) is 1.47. The van der Waals surface area contributed by atoms with Crippen molar-refractivity contribution in [3.8, 4) is 0 Å². The molecule has 0 bridgehead atoms. The quantitative estimate of drug-likeness (QED) is 0.697. The van der Waals surface area contributed by atoms with E-state index in [2.05, 4.69) is 5.32 Å². The van der Waals surface area contributed by atoms with Crippen molar-refractivity contribution in [3.63, 3.8) is 0 Å². The third kappa shape index (κ3) is 2.44. The first-order valence-electron chi connectivity index (χ1n) is 4.93. The van der Waals surface area contributed by atoms with E-state index < -0.39 is 10.2 Å². The highest BCUT2D eigenvalue weighted by Crippen LogP contribution is 2.09. The van der Waals surface area contributed by atoms with Crippen LogP contribution < -0.4 is 5.32 Å². The minimum absolute atomic E-state index is 0.240. The summed E-state index contributed by atoms with van der Waals surface area (Å²) in [5, 5.41) is 3.22. The lowest BCUT2D eigenvalue weighted by Gasteiger charge is -2.33. The highest BCUT2D eigenvalue weighted by atomic mass is 32.2. The van der Waals surface area contributed by atoms with Gasteiger partial charge in [0.05, 0.1) is 0 Å². The van der Waals surface area contributed by atoms with Crippen LogP contribution in [0.4, 0.5) is 0 Å². The molecule has 0 saturated carbocycles. The van der Waals surface area contributed by atoms with Crippen LogP contribution in [0.1, 0.15) is 13.8 Å². The molecule has 14 heavy (non-hydrogen) atoms. The van der Waals surface area contributed by atoms with E-state index in [1.807, 2.05) is 13.8 Å². The van der Waals surface area contributed by atoms with Gasteiger partial charge in [-0.05, 0) is 6.92 Å². The van der Waals surface area contributed by atoms with Crippen molar-refractivity contribution in [3.05, 3.63) is 0 Å². The fraction of sp³-hybridized carbons (Fsp3) is 1.00. The average Bonchev–Trinajstić information content (AvgIpc) is 2.16. The highest BCUT2D eigenvalue weighted by molar-refractivity contribution is 7.86. The topological polar surface area (TPSA) is 52.7 Å². The van der Waals surface area contributed by atoms with Crippen LogP contribution in [0.5, 0.6) is 0 Å². The molecule has 0 radical (unpaired) electrons. The van der Waals surface area contributed by atoms with Crippen LogP contribution in [0.15, 0.2) is 0 Å². The molecule has 6 heteroatoms. The summed E-state index contributed by atoms with van der Waals surface area (Å²) in [5.74, 6) is 0. The predicted octanol–water partition coefficient (Wildman–Crippen LogP) is -0.523. The Balaban J connectivity index is 2.72. The van der Waals surface area contributed by atoms with Gasteiger partial charge in [0, 0.05) is 39.3 Å². The number of nitrogens with zero attached hydrogens (tertiary/aromatic N) is 2. The molecule has 1 N–H and O–H groups in total. The summed E-state index contributed by atoms with van der Waals surface area (Å²) < 4.78 is 26.7. The minimum atomic E-state index is -3.22. The van der Waals surface area contributed by atoms with Gasteiger partial charge >= 0.3 is 0 Å². The van der Waals surface area contributed by atoms with E-state index in [9.17, 15) is 8.42 Å². The van der Waals surface area contributed by atoms with Gasteiger partial charge in [0.15, 0.2) is 0 Å². The molecule has 0 aromatic rings. The van der Waals surface area contributed by atoms with Crippen molar-refractivity contribution >= 4 is 10.2 Å². The Bertz CT molecular complexity index is 278. The van der Waals surface area contributed by atoms with E-state index in [0.717, 1.165) is 6.54 Å². The molecule has 0 aromatic carbocycles. The lowest BCUT2D eigenvalue weighted by atomic mass is 10.3. The molecule has 1 rings (SSSR count). The Kier molecular flexibility index (Phi) is 3.88. The maximum atomic E-state index is 11.9. The third-order valence-electron chi connectivity index (χ3n) is 2.50. The maximum Gasteiger partial charge on any atom is 0.281 e. The Morgan fingerprint density at radius 3 is 2.71 bits per heavy atom. The Labute approximate surface area is 86.3 Å². The number of nitrogens with one attached hydrogen (secondary N) is 1. The summed E-state index contributed by atoms with van der Waals surface area (Å²) in [4.78, 5) is 0. The van der Waals surface area contributed by atoms with Crippen molar-refractivity contribution in [2.75, 3.05) is 33.2 Å². The fourth-order valence-corrected chi connectivity index (χ4v) is 2.92. The van der Waals surface area contributed by atoms with Crippen molar-refractivity contribution in [1.29, 1.82) is 0 Å². The second kappa shape index (κ2) is 4.57. The van der Waals surface area contributed by atoms with Gasteiger partial charge in [-0.2, -0.15) is 17.0 Å². The Morgan fingerprint density at radius 2 is 2.21 bits per heavy atom. The van der Waals surface area contributed by atoms with E-state index in [0.29, 0.717) is 19.6 Å². The van der Waals surface area contributed by atoms with Gasteiger partial charge in [-0.3, -0.25) is 0 Å². The van der Waals surface area contributed by atoms with Crippen molar-refractivity contribution in [1.82, 2.24) is 13.9 Å². The first-order valence-corrected chi connectivity index (χ1v) is 6.33. The second-order valence-corrected chi connectivity index (χ2v) is 5.67. The largest absolute Gasteiger partial charge is 0.312 e. The van der Waals surface area contributed by atoms with Crippen LogP contribution in [-0.2, 0) is 10.2 Å². The molecule has 1 aliphatic rings. The zero-order valence-electron chi connectivity index (χ0n) is 9.02. The van der Waals surface area contributed by atoms with Gasteiger partial charge in [0.2, 0.25) is 0 Å².